The first kappa shape index (κ1) is 11.7. The summed E-state index contributed by atoms with van der Waals surface area (Å²) in [4.78, 5) is 0. The summed E-state index contributed by atoms with van der Waals surface area (Å²) < 4.78 is 1.15. The third kappa shape index (κ3) is 3.43. The van der Waals surface area contributed by atoms with Crippen LogP contribution in [-0.4, -0.2) is 6.04 Å². The number of benzene rings is 1. The van der Waals surface area contributed by atoms with Crippen molar-refractivity contribution in [2.45, 2.75) is 39.3 Å². The molecular formula is C12H18BrN. The number of hydrogen-bond acceptors (Lipinski definition) is 1. The Hall–Kier alpha value is -0.340. The first-order chi connectivity index (χ1) is 6.63. The van der Waals surface area contributed by atoms with E-state index in [0.717, 1.165) is 4.47 Å². The molecule has 0 aliphatic carbocycles. The topological polar surface area (TPSA) is 12.0 Å². The van der Waals surface area contributed by atoms with E-state index in [9.17, 15) is 0 Å². The molecule has 1 rings (SSSR count). The third-order valence-electron chi connectivity index (χ3n) is 2.50. The van der Waals surface area contributed by atoms with Crippen LogP contribution in [0.5, 0.6) is 0 Å². The SMILES string of the molecule is CC[C@@H](C)N[C@H](C)c1cccc(Br)c1. The second kappa shape index (κ2) is 5.52. The molecule has 0 unspecified atom stereocenters. The van der Waals surface area contributed by atoms with Gasteiger partial charge in [-0.15, -0.1) is 0 Å². The minimum Gasteiger partial charge on any atom is -0.308 e. The Bertz CT molecular complexity index is 285. The second-order valence-corrected chi connectivity index (χ2v) is 4.67. The zero-order valence-electron chi connectivity index (χ0n) is 9.05. The number of rotatable bonds is 4. The Labute approximate surface area is 95.0 Å². The van der Waals surface area contributed by atoms with E-state index in [1.54, 1.807) is 0 Å². The monoisotopic (exact) mass is 255 g/mol. The van der Waals surface area contributed by atoms with Gasteiger partial charge in [-0.1, -0.05) is 35.0 Å². The summed E-state index contributed by atoms with van der Waals surface area (Å²) in [6, 6.07) is 9.45. The number of halogens is 1. The van der Waals surface area contributed by atoms with Crippen molar-refractivity contribution in [1.29, 1.82) is 0 Å². The molecule has 0 bridgehead atoms. The second-order valence-electron chi connectivity index (χ2n) is 3.75. The normalized spacial score (nSPS) is 15.1. The minimum atomic E-state index is 0.419. The minimum absolute atomic E-state index is 0.419. The lowest BCUT2D eigenvalue weighted by Gasteiger charge is -2.19. The summed E-state index contributed by atoms with van der Waals surface area (Å²) in [6.45, 7) is 6.62. The summed E-state index contributed by atoms with van der Waals surface area (Å²) in [5, 5.41) is 3.55. The van der Waals surface area contributed by atoms with E-state index in [2.05, 4.69) is 66.3 Å². The van der Waals surface area contributed by atoms with Gasteiger partial charge >= 0.3 is 0 Å². The highest BCUT2D eigenvalue weighted by atomic mass is 79.9. The van der Waals surface area contributed by atoms with Crippen LogP contribution in [0.4, 0.5) is 0 Å². The maximum atomic E-state index is 3.55. The molecule has 0 amide bonds. The van der Waals surface area contributed by atoms with Crippen LogP contribution in [0.1, 0.15) is 38.8 Å². The Morgan fingerprint density at radius 3 is 2.64 bits per heavy atom. The number of nitrogens with one attached hydrogen (secondary N) is 1. The highest BCUT2D eigenvalue weighted by Crippen LogP contribution is 2.18. The van der Waals surface area contributed by atoms with Gasteiger partial charge in [-0.05, 0) is 38.0 Å². The highest BCUT2D eigenvalue weighted by Gasteiger charge is 2.07. The molecule has 78 valence electrons. The fourth-order valence-corrected chi connectivity index (χ4v) is 1.83. The van der Waals surface area contributed by atoms with Crippen LogP contribution in [0.15, 0.2) is 28.7 Å². The maximum absolute atomic E-state index is 3.55. The molecule has 0 spiro atoms. The third-order valence-corrected chi connectivity index (χ3v) is 2.99. The summed E-state index contributed by atoms with van der Waals surface area (Å²) >= 11 is 3.49. The van der Waals surface area contributed by atoms with Crippen molar-refractivity contribution in [2.24, 2.45) is 0 Å². The molecule has 14 heavy (non-hydrogen) atoms. The van der Waals surface area contributed by atoms with Crippen molar-refractivity contribution in [3.63, 3.8) is 0 Å². The molecule has 0 fully saturated rings. The van der Waals surface area contributed by atoms with Crippen LogP contribution in [0, 0.1) is 0 Å². The lowest BCUT2D eigenvalue weighted by Crippen LogP contribution is -2.28. The van der Waals surface area contributed by atoms with E-state index >= 15 is 0 Å². The molecule has 2 atom stereocenters. The highest BCUT2D eigenvalue weighted by molar-refractivity contribution is 9.10. The molecule has 0 aliphatic rings. The first-order valence-electron chi connectivity index (χ1n) is 5.15. The zero-order valence-corrected chi connectivity index (χ0v) is 10.6. The van der Waals surface area contributed by atoms with Gasteiger partial charge in [0.2, 0.25) is 0 Å². The quantitative estimate of drug-likeness (QED) is 0.861. The largest absolute Gasteiger partial charge is 0.308 e. The molecule has 0 radical (unpaired) electrons. The number of hydrogen-bond donors (Lipinski definition) is 1. The van der Waals surface area contributed by atoms with Crippen molar-refractivity contribution < 1.29 is 0 Å². The molecule has 0 aromatic heterocycles. The van der Waals surface area contributed by atoms with Gasteiger partial charge in [-0.25, -0.2) is 0 Å². The fourth-order valence-electron chi connectivity index (χ4n) is 1.42. The van der Waals surface area contributed by atoms with E-state index in [4.69, 9.17) is 0 Å². The molecule has 1 aromatic rings. The van der Waals surface area contributed by atoms with Crippen molar-refractivity contribution >= 4 is 15.9 Å². The van der Waals surface area contributed by atoms with Crippen LogP contribution >= 0.6 is 15.9 Å². The Balaban J connectivity index is 2.64. The Kier molecular flexibility index (Phi) is 4.63. The predicted octanol–water partition coefficient (Wildman–Crippen LogP) is 3.90. The Morgan fingerprint density at radius 1 is 1.36 bits per heavy atom. The van der Waals surface area contributed by atoms with E-state index in [0.29, 0.717) is 12.1 Å². The summed E-state index contributed by atoms with van der Waals surface area (Å²) in [5.74, 6) is 0. The molecule has 0 heterocycles. The molecule has 1 aromatic carbocycles. The van der Waals surface area contributed by atoms with Gasteiger partial charge in [0, 0.05) is 16.6 Å². The van der Waals surface area contributed by atoms with Gasteiger partial charge in [-0.2, -0.15) is 0 Å². The van der Waals surface area contributed by atoms with Crippen LogP contribution in [0.25, 0.3) is 0 Å². The van der Waals surface area contributed by atoms with Gasteiger partial charge < -0.3 is 5.32 Å². The molecule has 0 saturated heterocycles. The van der Waals surface area contributed by atoms with Crippen LogP contribution in [0.2, 0.25) is 0 Å². The smallest absolute Gasteiger partial charge is 0.0294 e. The van der Waals surface area contributed by atoms with Crippen LogP contribution < -0.4 is 5.32 Å². The average Bonchev–Trinajstić information content (AvgIpc) is 2.17. The van der Waals surface area contributed by atoms with Crippen molar-refractivity contribution in [3.8, 4) is 0 Å². The summed E-state index contributed by atoms with van der Waals surface area (Å²) in [7, 11) is 0. The van der Waals surface area contributed by atoms with Gasteiger partial charge in [0.1, 0.15) is 0 Å². The molecule has 1 N–H and O–H groups in total. The Morgan fingerprint density at radius 2 is 2.07 bits per heavy atom. The van der Waals surface area contributed by atoms with Gasteiger partial charge in [0.15, 0.2) is 0 Å². The van der Waals surface area contributed by atoms with Crippen molar-refractivity contribution in [3.05, 3.63) is 34.3 Å². The van der Waals surface area contributed by atoms with E-state index in [-0.39, 0.29) is 0 Å². The fraction of sp³-hybridized carbons (Fsp3) is 0.500. The van der Waals surface area contributed by atoms with E-state index in [1.165, 1.54) is 12.0 Å². The summed E-state index contributed by atoms with van der Waals surface area (Å²) in [6.07, 6.45) is 1.17. The molecule has 2 heteroatoms. The lowest BCUT2D eigenvalue weighted by molar-refractivity contribution is 0.469. The van der Waals surface area contributed by atoms with Crippen LogP contribution in [-0.2, 0) is 0 Å². The molecule has 0 saturated carbocycles. The average molecular weight is 256 g/mol. The standard InChI is InChI=1S/C12H18BrN/c1-4-9(2)14-10(3)11-6-5-7-12(13)8-11/h5-10,14H,4H2,1-3H3/t9-,10-/m1/s1. The van der Waals surface area contributed by atoms with Crippen molar-refractivity contribution in [2.75, 3.05) is 0 Å². The molecular weight excluding hydrogens is 238 g/mol. The van der Waals surface area contributed by atoms with Gasteiger partial charge in [0.25, 0.3) is 0 Å². The lowest BCUT2D eigenvalue weighted by atomic mass is 10.1. The molecule has 0 aliphatic heterocycles. The first-order valence-corrected chi connectivity index (χ1v) is 5.94. The molecule has 1 nitrogen and oxygen atoms in total. The summed E-state index contributed by atoms with van der Waals surface area (Å²) in [5.41, 5.74) is 1.33. The van der Waals surface area contributed by atoms with E-state index in [1.807, 2.05) is 0 Å². The zero-order chi connectivity index (χ0) is 10.6. The van der Waals surface area contributed by atoms with Crippen molar-refractivity contribution in [1.82, 2.24) is 5.32 Å². The van der Waals surface area contributed by atoms with Gasteiger partial charge in [-0.3, -0.25) is 0 Å². The van der Waals surface area contributed by atoms with E-state index < -0.39 is 0 Å². The van der Waals surface area contributed by atoms with Gasteiger partial charge in [0.05, 0.1) is 0 Å². The maximum Gasteiger partial charge on any atom is 0.0294 e. The van der Waals surface area contributed by atoms with Crippen LogP contribution in [0.3, 0.4) is 0 Å². The predicted molar refractivity (Wildman–Crippen MR) is 65.4 cm³/mol.